The predicted molar refractivity (Wildman–Crippen MR) is 84.3 cm³/mol. The molecule has 0 saturated heterocycles. The molecule has 18 heavy (non-hydrogen) atoms. The summed E-state index contributed by atoms with van der Waals surface area (Å²) < 4.78 is 1.16. The lowest BCUT2D eigenvalue weighted by atomic mass is 10.0. The van der Waals surface area contributed by atoms with Gasteiger partial charge < -0.3 is 10.6 Å². The van der Waals surface area contributed by atoms with Crippen LogP contribution in [0.2, 0.25) is 0 Å². The Kier molecular flexibility index (Phi) is 6.16. The van der Waals surface area contributed by atoms with Gasteiger partial charge in [-0.2, -0.15) is 0 Å². The summed E-state index contributed by atoms with van der Waals surface area (Å²) in [5, 5.41) is 0. The number of hydrogen-bond donors (Lipinski definition) is 1. The molecule has 0 saturated carbocycles. The molecule has 2 N–H and O–H groups in total. The molecule has 0 heterocycles. The molecule has 2 atom stereocenters. The molecule has 0 aliphatic rings. The van der Waals surface area contributed by atoms with Crippen molar-refractivity contribution in [2.75, 3.05) is 11.9 Å². The molecule has 1 rings (SSSR count). The van der Waals surface area contributed by atoms with E-state index in [1.807, 2.05) is 0 Å². The molecule has 3 heteroatoms. The Balaban J connectivity index is 2.85. The maximum Gasteiger partial charge on any atom is 0.0510 e. The minimum atomic E-state index is 0.259. The highest BCUT2D eigenvalue weighted by atomic mass is 79.9. The van der Waals surface area contributed by atoms with Gasteiger partial charge in [0.1, 0.15) is 0 Å². The summed E-state index contributed by atoms with van der Waals surface area (Å²) in [5.74, 6) is 0. The van der Waals surface area contributed by atoms with E-state index in [2.05, 4.69) is 66.8 Å². The Hall–Kier alpha value is -0.540. The van der Waals surface area contributed by atoms with E-state index in [1.54, 1.807) is 0 Å². The summed E-state index contributed by atoms with van der Waals surface area (Å²) in [6.45, 7) is 6.59. The second-order valence-corrected chi connectivity index (χ2v) is 5.88. The molecule has 0 bridgehead atoms. The van der Waals surface area contributed by atoms with Gasteiger partial charge in [-0.15, -0.1) is 0 Å². The smallest absolute Gasteiger partial charge is 0.0510 e. The molecule has 0 aliphatic carbocycles. The quantitative estimate of drug-likeness (QED) is 0.861. The highest BCUT2D eigenvalue weighted by Crippen LogP contribution is 2.28. The second-order valence-electron chi connectivity index (χ2n) is 5.03. The molecule has 1 aromatic rings. The summed E-state index contributed by atoms with van der Waals surface area (Å²) in [6, 6.07) is 7.38. The van der Waals surface area contributed by atoms with Gasteiger partial charge in [-0.05, 0) is 59.8 Å². The van der Waals surface area contributed by atoms with Crippen molar-refractivity contribution >= 4 is 21.6 Å². The third kappa shape index (κ3) is 3.99. The van der Waals surface area contributed by atoms with Crippen LogP contribution >= 0.6 is 15.9 Å². The first-order valence-electron chi connectivity index (χ1n) is 6.76. The molecule has 1 aromatic carbocycles. The van der Waals surface area contributed by atoms with Crippen LogP contribution in [0.15, 0.2) is 22.7 Å². The Labute approximate surface area is 120 Å². The van der Waals surface area contributed by atoms with Gasteiger partial charge in [-0.1, -0.05) is 19.9 Å². The summed E-state index contributed by atoms with van der Waals surface area (Å²) >= 11 is 3.67. The monoisotopic (exact) mass is 312 g/mol. The zero-order valence-corrected chi connectivity index (χ0v) is 13.5. The van der Waals surface area contributed by atoms with Gasteiger partial charge in [0.15, 0.2) is 0 Å². The molecule has 0 aliphatic heterocycles. The second kappa shape index (κ2) is 7.15. The first-order chi connectivity index (χ1) is 8.49. The van der Waals surface area contributed by atoms with Crippen LogP contribution in [-0.2, 0) is 6.42 Å². The zero-order chi connectivity index (χ0) is 13.7. The highest BCUT2D eigenvalue weighted by Gasteiger charge is 2.12. The average Bonchev–Trinajstić information content (AvgIpc) is 2.37. The van der Waals surface area contributed by atoms with E-state index in [4.69, 9.17) is 5.73 Å². The van der Waals surface area contributed by atoms with Crippen LogP contribution in [0.5, 0.6) is 0 Å². The van der Waals surface area contributed by atoms with Gasteiger partial charge in [0.05, 0.1) is 5.69 Å². The van der Waals surface area contributed by atoms with E-state index >= 15 is 0 Å². The van der Waals surface area contributed by atoms with Crippen molar-refractivity contribution in [3.05, 3.63) is 28.2 Å². The Bertz CT molecular complexity index is 379. The third-order valence-electron chi connectivity index (χ3n) is 3.67. The minimum absolute atomic E-state index is 0.259. The van der Waals surface area contributed by atoms with Crippen LogP contribution < -0.4 is 10.6 Å². The largest absolute Gasteiger partial charge is 0.371 e. The minimum Gasteiger partial charge on any atom is -0.371 e. The number of anilines is 1. The van der Waals surface area contributed by atoms with Crippen molar-refractivity contribution in [2.24, 2.45) is 5.73 Å². The lowest BCUT2D eigenvalue weighted by Gasteiger charge is -2.27. The number of halogens is 1. The Morgan fingerprint density at radius 1 is 1.28 bits per heavy atom. The van der Waals surface area contributed by atoms with Crippen molar-refractivity contribution in [3.8, 4) is 0 Å². The normalized spacial score (nSPS) is 14.3. The molecule has 2 unspecified atom stereocenters. The molecular weight excluding hydrogens is 288 g/mol. The van der Waals surface area contributed by atoms with Crippen molar-refractivity contribution in [3.63, 3.8) is 0 Å². The summed E-state index contributed by atoms with van der Waals surface area (Å²) in [4.78, 5) is 2.31. The molecule has 0 spiro atoms. The first-order valence-corrected chi connectivity index (χ1v) is 7.55. The van der Waals surface area contributed by atoms with Crippen molar-refractivity contribution in [1.29, 1.82) is 0 Å². The van der Waals surface area contributed by atoms with Crippen molar-refractivity contribution in [2.45, 2.75) is 52.1 Å². The van der Waals surface area contributed by atoms with E-state index in [0.717, 1.165) is 23.7 Å². The standard InChI is InChI=1S/C15H25BrN2/c1-5-11(3)18(4)15-8-7-12(10-14(15)16)9-13(17)6-2/h7-8,10-11,13H,5-6,9,17H2,1-4H3. The van der Waals surface area contributed by atoms with Crippen LogP contribution in [0.3, 0.4) is 0 Å². The summed E-state index contributed by atoms with van der Waals surface area (Å²) in [5.41, 5.74) is 8.55. The van der Waals surface area contributed by atoms with Crippen molar-refractivity contribution in [1.82, 2.24) is 0 Å². The van der Waals surface area contributed by atoms with Crippen LogP contribution in [0.25, 0.3) is 0 Å². The molecule has 0 amide bonds. The van der Waals surface area contributed by atoms with Gasteiger partial charge >= 0.3 is 0 Å². The highest BCUT2D eigenvalue weighted by molar-refractivity contribution is 9.10. The maximum absolute atomic E-state index is 6.00. The van der Waals surface area contributed by atoms with Gasteiger partial charge in [0.2, 0.25) is 0 Å². The fraction of sp³-hybridized carbons (Fsp3) is 0.600. The van der Waals surface area contributed by atoms with Crippen LogP contribution in [-0.4, -0.2) is 19.1 Å². The average molecular weight is 313 g/mol. The topological polar surface area (TPSA) is 29.3 Å². The number of nitrogens with two attached hydrogens (primary N) is 1. The van der Waals surface area contributed by atoms with Crippen LogP contribution in [0, 0.1) is 0 Å². The summed E-state index contributed by atoms with van der Waals surface area (Å²) in [6.07, 6.45) is 3.11. The molecule has 0 radical (unpaired) electrons. The number of nitrogens with zero attached hydrogens (tertiary/aromatic N) is 1. The number of benzene rings is 1. The molecule has 0 fully saturated rings. The number of hydrogen-bond acceptors (Lipinski definition) is 2. The third-order valence-corrected chi connectivity index (χ3v) is 4.30. The molecule has 102 valence electrons. The lowest BCUT2D eigenvalue weighted by molar-refractivity contribution is 0.645. The Morgan fingerprint density at radius 2 is 1.94 bits per heavy atom. The van der Waals surface area contributed by atoms with E-state index in [1.165, 1.54) is 11.3 Å². The van der Waals surface area contributed by atoms with E-state index in [-0.39, 0.29) is 6.04 Å². The first kappa shape index (κ1) is 15.5. The number of rotatable bonds is 6. The molecule has 0 aromatic heterocycles. The lowest BCUT2D eigenvalue weighted by Crippen LogP contribution is -2.28. The van der Waals surface area contributed by atoms with Gasteiger partial charge in [0.25, 0.3) is 0 Å². The fourth-order valence-corrected chi connectivity index (χ4v) is 2.63. The van der Waals surface area contributed by atoms with Gasteiger partial charge in [-0.3, -0.25) is 0 Å². The van der Waals surface area contributed by atoms with Crippen LogP contribution in [0.4, 0.5) is 5.69 Å². The van der Waals surface area contributed by atoms with E-state index < -0.39 is 0 Å². The molecular formula is C15H25BrN2. The SMILES string of the molecule is CCC(N)Cc1ccc(N(C)C(C)CC)c(Br)c1. The zero-order valence-electron chi connectivity index (χ0n) is 11.9. The Morgan fingerprint density at radius 3 is 2.44 bits per heavy atom. The van der Waals surface area contributed by atoms with Crippen LogP contribution in [0.1, 0.15) is 39.2 Å². The predicted octanol–water partition coefficient (Wildman–Crippen LogP) is 3.96. The van der Waals surface area contributed by atoms with Gasteiger partial charge in [0, 0.05) is 23.6 Å². The van der Waals surface area contributed by atoms with Crippen molar-refractivity contribution < 1.29 is 0 Å². The maximum atomic E-state index is 6.00. The van der Waals surface area contributed by atoms with E-state index in [0.29, 0.717) is 6.04 Å². The van der Waals surface area contributed by atoms with E-state index in [9.17, 15) is 0 Å². The van der Waals surface area contributed by atoms with Gasteiger partial charge in [-0.25, -0.2) is 0 Å². The fourth-order valence-electron chi connectivity index (χ4n) is 1.92. The molecule has 2 nitrogen and oxygen atoms in total. The summed E-state index contributed by atoms with van der Waals surface area (Å²) in [7, 11) is 2.14.